The van der Waals surface area contributed by atoms with Crippen LogP contribution < -0.4 is 16.4 Å². The summed E-state index contributed by atoms with van der Waals surface area (Å²) in [5.41, 5.74) is 6.00. The van der Waals surface area contributed by atoms with Crippen LogP contribution in [0.5, 0.6) is 0 Å². The molecular weight excluding hydrogens is 455 g/mol. The smallest absolute Gasteiger partial charge is 0.379 e. The molecule has 0 bridgehead atoms. The number of rotatable bonds is 12. The zero-order chi connectivity index (χ0) is 25.1. The fraction of sp³-hybridized carbons (Fsp3) is 0.636. The highest BCUT2D eigenvalue weighted by Crippen LogP contribution is 2.41. The minimum Gasteiger partial charge on any atom is -0.379 e. The summed E-state index contributed by atoms with van der Waals surface area (Å²) in [4.78, 5) is 31.8. The van der Waals surface area contributed by atoms with Crippen LogP contribution >= 0.6 is 0 Å². The Kier molecular flexibility index (Phi) is 8.19. The average Bonchev–Trinajstić information content (AvgIpc) is 3.69. The molecule has 1 heterocycles. The van der Waals surface area contributed by atoms with E-state index >= 15 is 0 Å². The Morgan fingerprint density at radius 3 is 2.44 bits per heavy atom. The minimum atomic E-state index is -4.52. The molecule has 2 unspecified atom stereocenters. The quantitative estimate of drug-likeness (QED) is 0.303. The number of nitrogens with one attached hydrogen (secondary N) is 2. The largest absolute Gasteiger partial charge is 0.432 e. The number of likely N-dealkylation sites (N-methyl/N-ethyl adjacent to an activating group) is 1. The maximum Gasteiger partial charge on any atom is 0.432 e. The molecule has 1 aromatic carbocycles. The van der Waals surface area contributed by atoms with Gasteiger partial charge in [0.15, 0.2) is 0 Å². The summed E-state index contributed by atoms with van der Waals surface area (Å²) >= 11 is 0. The molecule has 1 saturated heterocycles. The number of hydrogen-bond donors (Lipinski definition) is 3. The van der Waals surface area contributed by atoms with Crippen LogP contribution in [0.15, 0.2) is 24.3 Å². The van der Waals surface area contributed by atoms with Gasteiger partial charge < -0.3 is 21.1 Å². The van der Waals surface area contributed by atoms with Crippen molar-refractivity contribution in [1.82, 2.24) is 20.6 Å². The second kappa shape index (κ2) is 10.6. The molecule has 2 aliphatic rings. The molecule has 1 aromatic rings. The van der Waals surface area contributed by atoms with Gasteiger partial charge in [-0.2, -0.15) is 13.2 Å². The number of alkyl halides is 3. The van der Waals surface area contributed by atoms with E-state index in [9.17, 15) is 22.8 Å². The number of amides is 2. The third kappa shape index (κ3) is 6.25. The van der Waals surface area contributed by atoms with E-state index < -0.39 is 30.2 Å². The highest BCUT2D eigenvalue weighted by Gasteiger charge is 2.59. The summed E-state index contributed by atoms with van der Waals surface area (Å²) in [5.74, 6) is -0.482. The first-order valence-electron chi connectivity index (χ1n) is 11.2. The Hall–Kier alpha value is -2.25. The minimum absolute atomic E-state index is 0.0929. The van der Waals surface area contributed by atoms with Gasteiger partial charge >= 0.3 is 6.18 Å². The molecule has 0 radical (unpaired) electrons. The van der Waals surface area contributed by atoms with Crippen LogP contribution in [0.1, 0.15) is 48.3 Å². The molecule has 1 aliphatic carbocycles. The van der Waals surface area contributed by atoms with Crippen molar-refractivity contribution in [2.45, 2.75) is 56.3 Å². The van der Waals surface area contributed by atoms with Gasteiger partial charge in [-0.1, -0.05) is 19.1 Å². The topological polar surface area (TPSA) is 112 Å². The maximum atomic E-state index is 12.8. The normalized spacial score (nSPS) is 22.7. The zero-order valence-electron chi connectivity index (χ0n) is 19.5. The van der Waals surface area contributed by atoms with Gasteiger partial charge in [0.25, 0.3) is 12.1 Å². The third-order valence-corrected chi connectivity index (χ3v) is 5.99. The molecule has 9 nitrogen and oxygen atoms in total. The van der Waals surface area contributed by atoms with Crippen LogP contribution in [0.4, 0.5) is 13.2 Å². The van der Waals surface area contributed by atoms with Crippen LogP contribution in [-0.4, -0.2) is 79.6 Å². The van der Waals surface area contributed by atoms with Crippen molar-refractivity contribution in [3.05, 3.63) is 35.4 Å². The van der Waals surface area contributed by atoms with Gasteiger partial charge in [0.2, 0.25) is 5.91 Å². The lowest BCUT2D eigenvalue weighted by Crippen LogP contribution is -2.53. The van der Waals surface area contributed by atoms with Crippen molar-refractivity contribution < 1.29 is 32.3 Å². The van der Waals surface area contributed by atoms with Crippen LogP contribution in [0.25, 0.3) is 0 Å². The fourth-order valence-corrected chi connectivity index (χ4v) is 3.64. The first kappa shape index (κ1) is 26.4. The first-order chi connectivity index (χ1) is 16.0. The zero-order valence-corrected chi connectivity index (χ0v) is 19.5. The van der Waals surface area contributed by atoms with E-state index in [4.69, 9.17) is 10.5 Å². The van der Waals surface area contributed by atoms with E-state index in [1.54, 1.807) is 0 Å². The Morgan fingerprint density at radius 2 is 1.94 bits per heavy atom. The van der Waals surface area contributed by atoms with Gasteiger partial charge in [-0.3, -0.25) is 19.3 Å². The molecule has 2 amide bonds. The van der Waals surface area contributed by atoms with E-state index in [-0.39, 0.29) is 25.0 Å². The summed E-state index contributed by atoms with van der Waals surface area (Å²) in [6.45, 7) is 2.93. The first-order valence-corrected chi connectivity index (χ1v) is 11.2. The maximum absolute atomic E-state index is 12.8. The van der Waals surface area contributed by atoms with E-state index in [2.05, 4.69) is 15.5 Å². The summed E-state index contributed by atoms with van der Waals surface area (Å²) in [6, 6.07) is 5.50. The Balaban J connectivity index is 1.54. The number of carbonyl (C=O) groups is 2. The van der Waals surface area contributed by atoms with Gasteiger partial charge in [0.05, 0.1) is 18.2 Å². The highest BCUT2D eigenvalue weighted by molar-refractivity contribution is 5.94. The summed E-state index contributed by atoms with van der Waals surface area (Å²) in [7, 11) is 3.73. The lowest BCUT2D eigenvalue weighted by Gasteiger charge is -2.26. The van der Waals surface area contributed by atoms with Crippen molar-refractivity contribution in [1.29, 1.82) is 0 Å². The molecular formula is C22H32F3N5O4. The van der Waals surface area contributed by atoms with Gasteiger partial charge in [0.1, 0.15) is 6.17 Å². The Labute approximate surface area is 196 Å². The number of benzene rings is 1. The number of halogens is 3. The lowest BCUT2D eigenvalue weighted by molar-refractivity contribution is -0.148. The molecule has 12 heteroatoms. The predicted octanol–water partition coefficient (Wildman–Crippen LogP) is 1.51. The second-order valence-electron chi connectivity index (χ2n) is 8.81. The molecule has 0 aromatic heterocycles. The van der Waals surface area contributed by atoms with Crippen LogP contribution in [-0.2, 0) is 14.4 Å². The molecule has 1 saturated carbocycles. The van der Waals surface area contributed by atoms with Crippen molar-refractivity contribution in [2.24, 2.45) is 5.73 Å². The van der Waals surface area contributed by atoms with Crippen molar-refractivity contribution >= 4 is 11.8 Å². The molecule has 2 fully saturated rings. The van der Waals surface area contributed by atoms with Gasteiger partial charge in [0, 0.05) is 18.7 Å². The SMILES string of the molecule is CCCOC[C@H](CNC(=O)c1ccc(C(N)[N@]2OC2C(F)(F)F)cc1)NC(=O)C1(N(C)C)CC1. The number of nitrogens with zero attached hydrogens (tertiary/aromatic N) is 2. The summed E-state index contributed by atoms with van der Waals surface area (Å²) in [5, 5.41) is 6.41. The molecule has 34 heavy (non-hydrogen) atoms. The van der Waals surface area contributed by atoms with E-state index in [1.807, 2.05) is 25.9 Å². The molecule has 3 rings (SSSR count). The molecule has 4 atom stereocenters. The standard InChI is InChI=1S/C22H32F3N5O4/c1-4-11-33-13-16(28-19(32)21(9-10-21)29(2)3)12-27-18(31)15-7-5-14(6-8-15)17(26)30-20(34-30)22(23,24)25/h5-8,16-17,20H,4,9-13,26H2,1-3H3,(H,27,31)(H,28,32)/t16-,17?,20?,30-/m0/s1. The Morgan fingerprint density at radius 1 is 1.29 bits per heavy atom. The highest BCUT2D eigenvalue weighted by atomic mass is 19.4. The van der Waals surface area contributed by atoms with Gasteiger partial charge in [-0.25, -0.2) is 0 Å². The van der Waals surface area contributed by atoms with E-state index in [1.165, 1.54) is 24.3 Å². The van der Waals surface area contributed by atoms with E-state index in [0.717, 1.165) is 19.3 Å². The van der Waals surface area contributed by atoms with Gasteiger partial charge in [-0.05, 0) is 51.1 Å². The van der Waals surface area contributed by atoms with Crippen LogP contribution in [0.2, 0.25) is 0 Å². The third-order valence-electron chi connectivity index (χ3n) is 5.99. The monoisotopic (exact) mass is 487 g/mol. The number of carbonyl (C=O) groups excluding carboxylic acids is 2. The number of nitrogens with two attached hydrogens (primary N) is 1. The molecule has 190 valence electrons. The number of hydrogen-bond acceptors (Lipinski definition) is 7. The average molecular weight is 488 g/mol. The molecule has 0 spiro atoms. The van der Waals surface area contributed by atoms with Crippen LogP contribution in [0, 0.1) is 0 Å². The lowest BCUT2D eigenvalue weighted by atomic mass is 10.1. The Bertz CT molecular complexity index is 861. The summed E-state index contributed by atoms with van der Waals surface area (Å²) < 4.78 is 43.6. The van der Waals surface area contributed by atoms with Crippen molar-refractivity contribution in [3.8, 4) is 0 Å². The predicted molar refractivity (Wildman–Crippen MR) is 117 cm³/mol. The number of ether oxygens (including phenoxy) is 1. The van der Waals surface area contributed by atoms with Crippen molar-refractivity contribution in [3.63, 3.8) is 0 Å². The van der Waals surface area contributed by atoms with Crippen molar-refractivity contribution in [2.75, 3.05) is 33.9 Å². The van der Waals surface area contributed by atoms with E-state index in [0.29, 0.717) is 22.8 Å². The van der Waals surface area contributed by atoms with Gasteiger partial charge in [-0.15, -0.1) is 5.06 Å². The molecule has 1 aliphatic heterocycles. The fourth-order valence-electron chi connectivity index (χ4n) is 3.64. The van der Waals surface area contributed by atoms with Crippen LogP contribution in [0.3, 0.4) is 0 Å². The summed E-state index contributed by atoms with van der Waals surface area (Å²) in [6.07, 6.45) is -5.26. The molecule has 4 N–H and O–H groups in total. The second-order valence-corrected chi connectivity index (χ2v) is 8.81. The number of hydroxylamine groups is 2.